The SMILES string of the molecule is COc1ccc(C2CCCCC2)cc1C(=O)CCC(=O)O. The summed E-state index contributed by atoms with van der Waals surface area (Å²) in [4.78, 5) is 22.8. The Morgan fingerprint density at radius 3 is 2.52 bits per heavy atom. The summed E-state index contributed by atoms with van der Waals surface area (Å²) in [5.74, 6) is -0.0710. The smallest absolute Gasteiger partial charge is 0.303 e. The summed E-state index contributed by atoms with van der Waals surface area (Å²) in [6, 6.07) is 5.76. The molecule has 0 aromatic heterocycles. The Morgan fingerprint density at radius 1 is 1.19 bits per heavy atom. The predicted molar refractivity (Wildman–Crippen MR) is 80.0 cm³/mol. The van der Waals surface area contributed by atoms with E-state index in [2.05, 4.69) is 0 Å². The number of hydrogen-bond acceptors (Lipinski definition) is 3. The minimum atomic E-state index is -0.953. The average Bonchev–Trinajstić information content (AvgIpc) is 2.52. The summed E-state index contributed by atoms with van der Waals surface area (Å²) in [5, 5.41) is 8.71. The predicted octanol–water partition coefficient (Wildman–Crippen LogP) is 3.79. The fourth-order valence-electron chi connectivity index (χ4n) is 2.99. The molecule has 1 aliphatic carbocycles. The summed E-state index contributed by atoms with van der Waals surface area (Å²) in [6.07, 6.45) is 5.95. The van der Waals surface area contributed by atoms with Crippen LogP contribution in [0.3, 0.4) is 0 Å². The molecule has 1 N–H and O–H groups in total. The molecule has 4 heteroatoms. The van der Waals surface area contributed by atoms with Gasteiger partial charge in [0.1, 0.15) is 5.75 Å². The molecular formula is C17H22O4. The van der Waals surface area contributed by atoms with Gasteiger partial charge in [-0.3, -0.25) is 9.59 Å². The molecule has 21 heavy (non-hydrogen) atoms. The molecule has 0 heterocycles. The van der Waals surface area contributed by atoms with Gasteiger partial charge in [0.25, 0.3) is 0 Å². The van der Waals surface area contributed by atoms with E-state index in [1.54, 1.807) is 0 Å². The van der Waals surface area contributed by atoms with Gasteiger partial charge in [0.15, 0.2) is 5.78 Å². The van der Waals surface area contributed by atoms with E-state index in [4.69, 9.17) is 9.84 Å². The molecule has 2 rings (SSSR count). The zero-order valence-corrected chi connectivity index (χ0v) is 12.4. The molecule has 4 nitrogen and oxygen atoms in total. The van der Waals surface area contributed by atoms with Gasteiger partial charge >= 0.3 is 5.97 Å². The second-order valence-electron chi connectivity index (χ2n) is 5.61. The Hall–Kier alpha value is -1.84. The Labute approximate surface area is 125 Å². The van der Waals surface area contributed by atoms with Crippen LogP contribution in [0.2, 0.25) is 0 Å². The highest BCUT2D eigenvalue weighted by Gasteiger charge is 2.19. The fourth-order valence-corrected chi connectivity index (χ4v) is 2.99. The van der Waals surface area contributed by atoms with Gasteiger partial charge in [-0.1, -0.05) is 25.3 Å². The van der Waals surface area contributed by atoms with Gasteiger partial charge in [-0.25, -0.2) is 0 Å². The van der Waals surface area contributed by atoms with Crippen LogP contribution in [0.5, 0.6) is 5.75 Å². The number of carboxylic acid groups (broad SMARTS) is 1. The number of aliphatic carboxylic acids is 1. The molecule has 1 fully saturated rings. The zero-order chi connectivity index (χ0) is 15.2. The van der Waals surface area contributed by atoms with Gasteiger partial charge in [-0.2, -0.15) is 0 Å². The van der Waals surface area contributed by atoms with Crippen molar-refractivity contribution in [2.45, 2.75) is 50.9 Å². The van der Waals surface area contributed by atoms with Crippen LogP contribution < -0.4 is 4.74 Å². The van der Waals surface area contributed by atoms with Crippen molar-refractivity contribution in [1.29, 1.82) is 0 Å². The third-order valence-electron chi connectivity index (χ3n) is 4.17. The minimum absolute atomic E-state index is 0.0137. The molecule has 0 atom stereocenters. The first-order chi connectivity index (χ1) is 10.1. The molecule has 1 aromatic rings. The van der Waals surface area contributed by atoms with Crippen molar-refractivity contribution in [2.75, 3.05) is 7.11 Å². The van der Waals surface area contributed by atoms with E-state index in [1.807, 2.05) is 18.2 Å². The number of carboxylic acids is 1. The minimum Gasteiger partial charge on any atom is -0.496 e. The Bertz CT molecular complexity index is 516. The highest BCUT2D eigenvalue weighted by Crippen LogP contribution is 2.35. The number of hydrogen-bond donors (Lipinski definition) is 1. The van der Waals surface area contributed by atoms with Gasteiger partial charge in [0, 0.05) is 6.42 Å². The number of ketones is 1. The van der Waals surface area contributed by atoms with Crippen molar-refractivity contribution < 1.29 is 19.4 Å². The molecule has 1 aromatic carbocycles. The molecule has 114 valence electrons. The van der Waals surface area contributed by atoms with E-state index in [1.165, 1.54) is 31.9 Å². The molecule has 0 aliphatic heterocycles. The van der Waals surface area contributed by atoms with Gasteiger partial charge in [-0.15, -0.1) is 0 Å². The van der Waals surface area contributed by atoms with Crippen molar-refractivity contribution >= 4 is 11.8 Å². The van der Waals surface area contributed by atoms with E-state index < -0.39 is 5.97 Å². The third kappa shape index (κ3) is 4.06. The lowest BCUT2D eigenvalue weighted by Gasteiger charge is -2.23. The number of rotatable bonds is 6. The van der Waals surface area contributed by atoms with Crippen molar-refractivity contribution in [2.24, 2.45) is 0 Å². The molecule has 0 saturated heterocycles. The molecule has 0 unspecified atom stereocenters. The molecule has 1 saturated carbocycles. The number of carbonyl (C=O) groups excluding carboxylic acids is 1. The summed E-state index contributed by atoms with van der Waals surface area (Å²) in [6.45, 7) is 0. The zero-order valence-electron chi connectivity index (χ0n) is 12.4. The number of benzene rings is 1. The van der Waals surface area contributed by atoms with E-state index in [-0.39, 0.29) is 18.6 Å². The van der Waals surface area contributed by atoms with E-state index in [9.17, 15) is 9.59 Å². The number of ether oxygens (including phenoxy) is 1. The van der Waals surface area contributed by atoms with Gasteiger partial charge in [0.05, 0.1) is 19.1 Å². The van der Waals surface area contributed by atoms with Crippen LogP contribution in [-0.2, 0) is 4.79 Å². The lowest BCUT2D eigenvalue weighted by molar-refractivity contribution is -0.136. The molecule has 0 bridgehead atoms. The summed E-state index contributed by atoms with van der Waals surface area (Å²) >= 11 is 0. The average molecular weight is 290 g/mol. The Morgan fingerprint density at radius 2 is 1.90 bits per heavy atom. The molecular weight excluding hydrogens is 268 g/mol. The van der Waals surface area contributed by atoms with Gasteiger partial charge in [0.2, 0.25) is 0 Å². The van der Waals surface area contributed by atoms with Crippen LogP contribution in [0.4, 0.5) is 0 Å². The van der Waals surface area contributed by atoms with Crippen molar-refractivity contribution in [3.63, 3.8) is 0 Å². The number of methoxy groups -OCH3 is 1. The summed E-state index contributed by atoms with van der Waals surface area (Å²) < 4.78 is 5.25. The molecule has 0 spiro atoms. The maximum absolute atomic E-state index is 12.2. The first-order valence-electron chi connectivity index (χ1n) is 7.54. The Kier molecular flexibility index (Phi) is 5.37. The summed E-state index contributed by atoms with van der Waals surface area (Å²) in [5.41, 5.74) is 1.69. The van der Waals surface area contributed by atoms with E-state index >= 15 is 0 Å². The highest BCUT2D eigenvalue weighted by molar-refractivity contribution is 6.00. The van der Waals surface area contributed by atoms with E-state index in [0.29, 0.717) is 17.2 Å². The lowest BCUT2D eigenvalue weighted by Crippen LogP contribution is -2.09. The van der Waals surface area contributed by atoms with Crippen LogP contribution in [0.1, 0.15) is 66.8 Å². The van der Waals surface area contributed by atoms with Crippen LogP contribution in [0, 0.1) is 0 Å². The topological polar surface area (TPSA) is 63.6 Å². The molecule has 0 radical (unpaired) electrons. The summed E-state index contributed by atoms with van der Waals surface area (Å²) in [7, 11) is 1.53. The second-order valence-corrected chi connectivity index (χ2v) is 5.61. The van der Waals surface area contributed by atoms with Crippen LogP contribution in [-0.4, -0.2) is 24.0 Å². The quantitative estimate of drug-likeness (QED) is 0.810. The van der Waals surface area contributed by atoms with Gasteiger partial charge < -0.3 is 9.84 Å². The number of carbonyl (C=O) groups is 2. The van der Waals surface area contributed by atoms with Crippen molar-refractivity contribution in [1.82, 2.24) is 0 Å². The second kappa shape index (κ2) is 7.25. The number of Topliss-reactive ketones (excluding diaryl/α,β-unsaturated/α-hetero) is 1. The fraction of sp³-hybridized carbons (Fsp3) is 0.529. The van der Waals surface area contributed by atoms with Crippen LogP contribution in [0.15, 0.2) is 18.2 Å². The first-order valence-corrected chi connectivity index (χ1v) is 7.54. The maximum Gasteiger partial charge on any atom is 0.303 e. The Balaban J connectivity index is 2.20. The maximum atomic E-state index is 12.2. The lowest BCUT2D eigenvalue weighted by atomic mass is 9.83. The molecule has 0 amide bonds. The largest absolute Gasteiger partial charge is 0.496 e. The van der Waals surface area contributed by atoms with Crippen molar-refractivity contribution in [3.8, 4) is 5.75 Å². The third-order valence-corrected chi connectivity index (χ3v) is 4.17. The first kappa shape index (κ1) is 15.5. The van der Waals surface area contributed by atoms with Crippen molar-refractivity contribution in [3.05, 3.63) is 29.3 Å². The van der Waals surface area contributed by atoms with Crippen LogP contribution >= 0.6 is 0 Å². The van der Waals surface area contributed by atoms with Crippen LogP contribution in [0.25, 0.3) is 0 Å². The highest BCUT2D eigenvalue weighted by atomic mass is 16.5. The normalized spacial score (nSPS) is 15.7. The molecule has 1 aliphatic rings. The van der Waals surface area contributed by atoms with E-state index in [0.717, 1.165) is 12.8 Å². The standard InChI is InChI=1S/C17H22O4/c1-21-16-9-7-13(12-5-3-2-4-6-12)11-14(16)15(18)8-10-17(19)20/h7,9,11-12H,2-6,8,10H2,1H3,(H,19,20). The van der Waals surface area contributed by atoms with Gasteiger partial charge in [-0.05, 0) is 36.5 Å². The monoisotopic (exact) mass is 290 g/mol.